The molecule has 0 spiro atoms. The van der Waals surface area contributed by atoms with E-state index in [0.717, 1.165) is 23.7 Å². The van der Waals surface area contributed by atoms with Crippen LogP contribution in [0, 0.1) is 23.7 Å². The molecule has 2 aliphatic rings. The molecule has 0 nitrogen and oxygen atoms in total. The Balaban J connectivity index is 1.95. The van der Waals surface area contributed by atoms with Crippen LogP contribution in [0.25, 0.3) is 0 Å². The summed E-state index contributed by atoms with van der Waals surface area (Å²) in [5.74, 6) is 4.05. The van der Waals surface area contributed by atoms with Gasteiger partial charge in [-0.3, -0.25) is 0 Å². The van der Waals surface area contributed by atoms with Crippen molar-refractivity contribution in [2.45, 2.75) is 47.0 Å². The zero-order chi connectivity index (χ0) is 9.59. The largest absolute Gasteiger partial charge is 0.0769 e. The molecule has 0 aromatic rings. The molecule has 0 saturated heterocycles. The molecule has 0 N–H and O–H groups in total. The summed E-state index contributed by atoms with van der Waals surface area (Å²) in [4.78, 5) is 0. The van der Waals surface area contributed by atoms with Crippen molar-refractivity contribution in [2.24, 2.45) is 23.7 Å². The molecular formula is C13H22. The molecule has 3 atom stereocenters. The van der Waals surface area contributed by atoms with Gasteiger partial charge in [-0.15, -0.1) is 0 Å². The Kier molecular flexibility index (Phi) is 2.25. The third-order valence-electron chi connectivity index (χ3n) is 3.92. The van der Waals surface area contributed by atoms with E-state index in [4.69, 9.17) is 0 Å². The van der Waals surface area contributed by atoms with Crippen molar-refractivity contribution < 1.29 is 0 Å². The second kappa shape index (κ2) is 3.15. The Morgan fingerprint density at radius 3 is 2.54 bits per heavy atom. The molecule has 0 aromatic carbocycles. The summed E-state index contributed by atoms with van der Waals surface area (Å²) in [5, 5.41) is 0. The molecule has 0 heteroatoms. The van der Waals surface area contributed by atoms with E-state index >= 15 is 0 Å². The second-order valence-corrected chi connectivity index (χ2v) is 5.64. The summed E-state index contributed by atoms with van der Waals surface area (Å²) >= 11 is 0. The maximum atomic E-state index is 2.36. The summed E-state index contributed by atoms with van der Waals surface area (Å²) < 4.78 is 0. The Morgan fingerprint density at radius 1 is 1.38 bits per heavy atom. The number of hydrogen-bond donors (Lipinski definition) is 0. The average molecular weight is 178 g/mol. The van der Waals surface area contributed by atoms with E-state index in [2.05, 4.69) is 27.7 Å². The monoisotopic (exact) mass is 178 g/mol. The lowest BCUT2D eigenvalue weighted by atomic mass is 9.48. The molecular weight excluding hydrogens is 156 g/mol. The van der Waals surface area contributed by atoms with Gasteiger partial charge >= 0.3 is 0 Å². The smallest absolute Gasteiger partial charge is 0.0141 e. The third kappa shape index (κ3) is 1.45. The van der Waals surface area contributed by atoms with Gasteiger partial charge in [0.1, 0.15) is 0 Å². The fraction of sp³-hybridized carbons (Fsp3) is 0.846. The third-order valence-corrected chi connectivity index (χ3v) is 3.92. The quantitative estimate of drug-likeness (QED) is 0.560. The standard InChI is InChI=1S/C13H22/c1-8(2)5-10-6-11-7-12(9(3)4)13(10)11/h8,10-11,13H,5-7H2,1-4H3. The topological polar surface area (TPSA) is 0 Å². The highest BCUT2D eigenvalue weighted by molar-refractivity contribution is 5.28. The van der Waals surface area contributed by atoms with Gasteiger partial charge in [-0.05, 0) is 56.8 Å². The van der Waals surface area contributed by atoms with E-state index in [1.165, 1.54) is 19.3 Å². The predicted molar refractivity (Wildman–Crippen MR) is 57.5 cm³/mol. The number of fused-ring (bicyclic) bond motifs is 1. The average Bonchev–Trinajstić information content (AvgIpc) is 1.95. The molecule has 0 heterocycles. The molecule has 2 rings (SSSR count). The summed E-state index contributed by atoms with van der Waals surface area (Å²) in [5.41, 5.74) is 3.41. The van der Waals surface area contributed by atoms with E-state index in [1.54, 1.807) is 5.57 Å². The predicted octanol–water partition coefficient (Wildman–Crippen LogP) is 4.02. The van der Waals surface area contributed by atoms with Crippen LogP contribution in [-0.2, 0) is 0 Å². The van der Waals surface area contributed by atoms with Gasteiger partial charge in [0, 0.05) is 0 Å². The summed E-state index contributed by atoms with van der Waals surface area (Å²) in [6, 6.07) is 0. The van der Waals surface area contributed by atoms with Crippen LogP contribution in [0.2, 0.25) is 0 Å². The van der Waals surface area contributed by atoms with Crippen LogP contribution in [0.1, 0.15) is 47.0 Å². The van der Waals surface area contributed by atoms with Crippen LogP contribution < -0.4 is 0 Å². The molecule has 0 bridgehead atoms. The molecule has 0 aliphatic heterocycles. The van der Waals surface area contributed by atoms with Gasteiger partial charge in [-0.2, -0.15) is 0 Å². The Labute approximate surface area is 82.4 Å². The van der Waals surface area contributed by atoms with E-state index in [9.17, 15) is 0 Å². The fourth-order valence-electron chi connectivity index (χ4n) is 3.29. The van der Waals surface area contributed by atoms with Crippen molar-refractivity contribution in [3.05, 3.63) is 11.1 Å². The molecule has 2 saturated carbocycles. The zero-order valence-electron chi connectivity index (χ0n) is 9.43. The summed E-state index contributed by atoms with van der Waals surface area (Å²) in [6.07, 6.45) is 4.42. The summed E-state index contributed by atoms with van der Waals surface area (Å²) in [7, 11) is 0. The van der Waals surface area contributed by atoms with Gasteiger partial charge in [-0.1, -0.05) is 25.0 Å². The van der Waals surface area contributed by atoms with Crippen molar-refractivity contribution in [3.63, 3.8) is 0 Å². The van der Waals surface area contributed by atoms with E-state index in [-0.39, 0.29) is 0 Å². The normalized spacial score (nSPS) is 36.7. The molecule has 0 aromatic heterocycles. The van der Waals surface area contributed by atoms with E-state index < -0.39 is 0 Å². The van der Waals surface area contributed by atoms with Gasteiger partial charge in [0.25, 0.3) is 0 Å². The maximum absolute atomic E-state index is 2.36. The Bertz CT molecular complexity index is 230. The maximum Gasteiger partial charge on any atom is -0.0141 e. The highest BCUT2D eigenvalue weighted by Crippen LogP contribution is 2.60. The SMILES string of the molecule is CC(C)=C1CC2CC(CC(C)C)C12. The first-order valence-electron chi connectivity index (χ1n) is 5.75. The first-order chi connectivity index (χ1) is 6.09. The van der Waals surface area contributed by atoms with Gasteiger partial charge < -0.3 is 0 Å². The van der Waals surface area contributed by atoms with Gasteiger partial charge in [0.2, 0.25) is 0 Å². The molecule has 13 heavy (non-hydrogen) atoms. The zero-order valence-corrected chi connectivity index (χ0v) is 9.43. The first-order valence-corrected chi connectivity index (χ1v) is 5.75. The lowest BCUT2D eigenvalue weighted by molar-refractivity contribution is 0.0230. The minimum atomic E-state index is 0.893. The number of rotatable bonds is 2. The number of hydrogen-bond acceptors (Lipinski definition) is 0. The van der Waals surface area contributed by atoms with Crippen LogP contribution in [-0.4, -0.2) is 0 Å². The summed E-state index contributed by atoms with van der Waals surface area (Å²) in [6.45, 7) is 9.29. The van der Waals surface area contributed by atoms with E-state index in [0.29, 0.717) is 0 Å². The molecule has 0 radical (unpaired) electrons. The lowest BCUT2D eigenvalue weighted by Gasteiger charge is -2.56. The molecule has 2 aliphatic carbocycles. The van der Waals surface area contributed by atoms with Crippen molar-refractivity contribution in [3.8, 4) is 0 Å². The molecule has 3 unspecified atom stereocenters. The van der Waals surface area contributed by atoms with Crippen molar-refractivity contribution in [2.75, 3.05) is 0 Å². The highest BCUT2D eigenvalue weighted by atomic mass is 14.5. The van der Waals surface area contributed by atoms with Gasteiger partial charge in [-0.25, -0.2) is 0 Å². The molecule has 2 fully saturated rings. The minimum absolute atomic E-state index is 0.893. The van der Waals surface area contributed by atoms with Crippen LogP contribution in [0.3, 0.4) is 0 Å². The van der Waals surface area contributed by atoms with Gasteiger partial charge in [0.15, 0.2) is 0 Å². The van der Waals surface area contributed by atoms with Crippen molar-refractivity contribution >= 4 is 0 Å². The Morgan fingerprint density at radius 2 is 2.08 bits per heavy atom. The van der Waals surface area contributed by atoms with Crippen LogP contribution in [0.4, 0.5) is 0 Å². The molecule has 0 amide bonds. The lowest BCUT2D eigenvalue weighted by Crippen LogP contribution is -2.47. The first kappa shape index (κ1) is 9.30. The minimum Gasteiger partial charge on any atom is -0.0769 e. The number of allylic oxidation sites excluding steroid dienone is 2. The fourth-order valence-corrected chi connectivity index (χ4v) is 3.29. The van der Waals surface area contributed by atoms with Crippen LogP contribution >= 0.6 is 0 Å². The van der Waals surface area contributed by atoms with Crippen LogP contribution in [0.5, 0.6) is 0 Å². The van der Waals surface area contributed by atoms with Gasteiger partial charge in [0.05, 0.1) is 0 Å². The van der Waals surface area contributed by atoms with Crippen LogP contribution in [0.15, 0.2) is 11.1 Å². The van der Waals surface area contributed by atoms with Crippen molar-refractivity contribution in [1.29, 1.82) is 0 Å². The Hall–Kier alpha value is -0.260. The van der Waals surface area contributed by atoms with E-state index in [1.807, 2.05) is 5.57 Å². The second-order valence-electron chi connectivity index (χ2n) is 5.64. The molecule has 74 valence electrons. The highest BCUT2D eigenvalue weighted by Gasteiger charge is 2.50. The van der Waals surface area contributed by atoms with Crippen molar-refractivity contribution in [1.82, 2.24) is 0 Å².